The van der Waals surface area contributed by atoms with Crippen molar-refractivity contribution in [3.63, 3.8) is 0 Å². The van der Waals surface area contributed by atoms with Crippen LogP contribution in [0.25, 0.3) is 0 Å². The Balaban J connectivity index is 3.03. The Hall–Kier alpha value is -0.903. The van der Waals surface area contributed by atoms with E-state index in [0.29, 0.717) is 13.2 Å². The molecule has 0 aliphatic heterocycles. The van der Waals surface area contributed by atoms with Crippen molar-refractivity contribution in [2.24, 2.45) is 0 Å². The molecule has 1 aromatic carbocycles. The number of hydrogen-bond acceptors (Lipinski definition) is 2. The van der Waals surface area contributed by atoms with Gasteiger partial charge in [-0.25, -0.2) is 0 Å². The fourth-order valence-corrected chi connectivity index (χ4v) is 3.95. The van der Waals surface area contributed by atoms with Crippen LogP contribution in [0.4, 0.5) is 0 Å². The van der Waals surface area contributed by atoms with E-state index in [4.69, 9.17) is 8.85 Å². The normalized spacial score (nSPS) is 11.3. The Kier molecular flexibility index (Phi) is 4.75. The van der Waals surface area contributed by atoms with E-state index in [2.05, 4.69) is 6.58 Å². The van der Waals surface area contributed by atoms with Crippen LogP contribution < -0.4 is 5.19 Å². The molecule has 1 aromatic rings. The molecule has 0 atom stereocenters. The van der Waals surface area contributed by atoms with Gasteiger partial charge in [-0.2, -0.15) is 0 Å². The van der Waals surface area contributed by atoms with Crippen LogP contribution in [0.5, 0.6) is 0 Å². The summed E-state index contributed by atoms with van der Waals surface area (Å²) in [6.07, 6.45) is 0. The summed E-state index contributed by atoms with van der Waals surface area (Å²) < 4.78 is 11.6. The maximum Gasteiger partial charge on any atom is 0.399 e. The molecule has 0 saturated carbocycles. The van der Waals surface area contributed by atoms with E-state index in [-0.39, 0.29) is 0 Å². The Bertz CT molecular complexity index is 292. The van der Waals surface area contributed by atoms with Gasteiger partial charge in [-0.05, 0) is 24.7 Å². The molecule has 3 heteroatoms. The minimum atomic E-state index is -2.38. The van der Waals surface area contributed by atoms with Crippen molar-refractivity contribution in [3.8, 4) is 0 Å². The van der Waals surface area contributed by atoms with Gasteiger partial charge in [-0.15, -0.1) is 6.58 Å². The van der Waals surface area contributed by atoms with E-state index >= 15 is 0 Å². The molecule has 0 amide bonds. The monoisotopic (exact) mass is 222 g/mol. The van der Waals surface area contributed by atoms with Crippen molar-refractivity contribution in [2.45, 2.75) is 13.8 Å². The smallest absolute Gasteiger partial charge is 0.388 e. The average Bonchev–Trinajstić information content (AvgIpc) is 2.30. The Morgan fingerprint density at radius 1 is 1.13 bits per heavy atom. The molecule has 0 spiro atoms. The zero-order valence-corrected chi connectivity index (χ0v) is 10.4. The minimum absolute atomic E-state index is 0.646. The molecule has 0 aliphatic rings. The van der Waals surface area contributed by atoms with Crippen LogP contribution in [0.3, 0.4) is 0 Å². The van der Waals surface area contributed by atoms with E-state index in [1.165, 1.54) is 0 Å². The van der Waals surface area contributed by atoms with Gasteiger partial charge in [0.05, 0.1) is 0 Å². The molecule has 0 radical (unpaired) electrons. The summed E-state index contributed by atoms with van der Waals surface area (Å²) in [7, 11) is -2.38. The molecule has 1 rings (SSSR count). The number of hydrogen-bond donors (Lipinski definition) is 0. The molecule has 0 N–H and O–H groups in total. The lowest BCUT2D eigenvalue weighted by atomic mass is 10.4. The molecule has 15 heavy (non-hydrogen) atoms. The maximum absolute atomic E-state index is 5.80. The minimum Gasteiger partial charge on any atom is -0.388 e. The quantitative estimate of drug-likeness (QED) is 0.687. The largest absolute Gasteiger partial charge is 0.399 e. The van der Waals surface area contributed by atoms with Gasteiger partial charge in [0.2, 0.25) is 0 Å². The van der Waals surface area contributed by atoms with Crippen LogP contribution in [0.15, 0.2) is 42.6 Å². The highest BCUT2D eigenvalue weighted by molar-refractivity contribution is 6.85. The maximum atomic E-state index is 5.80. The second-order valence-electron chi connectivity index (χ2n) is 3.10. The number of rotatable bonds is 6. The summed E-state index contributed by atoms with van der Waals surface area (Å²) >= 11 is 0. The Morgan fingerprint density at radius 3 is 2.07 bits per heavy atom. The third kappa shape index (κ3) is 2.78. The highest BCUT2D eigenvalue weighted by atomic mass is 28.4. The molecule has 0 heterocycles. The van der Waals surface area contributed by atoms with Gasteiger partial charge in [0.1, 0.15) is 0 Å². The molecule has 0 fully saturated rings. The second-order valence-corrected chi connectivity index (χ2v) is 6.00. The predicted molar refractivity (Wildman–Crippen MR) is 65.3 cm³/mol. The molecular weight excluding hydrogens is 204 g/mol. The summed E-state index contributed by atoms with van der Waals surface area (Å²) in [5.41, 5.74) is 1.84. The predicted octanol–water partition coefficient (Wildman–Crippen LogP) is 2.13. The van der Waals surface area contributed by atoms with E-state index in [1.54, 1.807) is 0 Å². The first-order valence-corrected chi connectivity index (χ1v) is 7.15. The van der Waals surface area contributed by atoms with Gasteiger partial charge in [0, 0.05) is 13.2 Å². The third-order valence-electron chi connectivity index (χ3n) is 2.16. The molecule has 0 bridgehead atoms. The van der Waals surface area contributed by atoms with E-state index < -0.39 is 8.56 Å². The summed E-state index contributed by atoms with van der Waals surface area (Å²) in [6, 6.07) is 10.1. The van der Waals surface area contributed by atoms with Crippen LogP contribution in [0.2, 0.25) is 0 Å². The lowest BCUT2D eigenvalue weighted by Gasteiger charge is -2.26. The summed E-state index contributed by atoms with van der Waals surface area (Å²) in [6.45, 7) is 9.11. The third-order valence-corrected chi connectivity index (χ3v) is 5.27. The molecule has 0 aromatic heterocycles. The average molecular weight is 222 g/mol. The molecule has 2 nitrogen and oxygen atoms in total. The molecule has 0 aliphatic carbocycles. The van der Waals surface area contributed by atoms with Crippen molar-refractivity contribution in [2.75, 3.05) is 13.2 Å². The van der Waals surface area contributed by atoms with Crippen LogP contribution in [-0.4, -0.2) is 21.8 Å². The van der Waals surface area contributed by atoms with Crippen LogP contribution in [0, 0.1) is 0 Å². The topological polar surface area (TPSA) is 18.5 Å². The van der Waals surface area contributed by atoms with Crippen LogP contribution in [-0.2, 0) is 8.85 Å². The first-order chi connectivity index (χ1) is 7.29. The van der Waals surface area contributed by atoms with Crippen molar-refractivity contribution < 1.29 is 8.85 Å². The highest BCUT2D eigenvalue weighted by Crippen LogP contribution is 2.09. The summed E-state index contributed by atoms with van der Waals surface area (Å²) in [4.78, 5) is 0. The van der Waals surface area contributed by atoms with Gasteiger partial charge in [0.25, 0.3) is 0 Å². The summed E-state index contributed by atoms with van der Waals surface area (Å²) in [5.74, 6) is 0. The molecule has 0 saturated heterocycles. The van der Waals surface area contributed by atoms with Crippen LogP contribution in [0.1, 0.15) is 13.8 Å². The summed E-state index contributed by atoms with van der Waals surface area (Å²) in [5, 5.41) is 1.11. The number of benzene rings is 1. The zero-order valence-electron chi connectivity index (χ0n) is 9.40. The lowest BCUT2D eigenvalue weighted by molar-refractivity contribution is 0.207. The van der Waals surface area contributed by atoms with Gasteiger partial charge >= 0.3 is 8.56 Å². The molecule has 82 valence electrons. The Morgan fingerprint density at radius 2 is 1.67 bits per heavy atom. The van der Waals surface area contributed by atoms with Gasteiger partial charge in [-0.1, -0.05) is 30.3 Å². The first kappa shape index (κ1) is 12.2. The fourth-order valence-electron chi connectivity index (χ4n) is 1.54. The Labute approximate surface area is 92.8 Å². The van der Waals surface area contributed by atoms with Crippen molar-refractivity contribution in [3.05, 3.63) is 42.6 Å². The van der Waals surface area contributed by atoms with Gasteiger partial charge < -0.3 is 8.85 Å². The van der Waals surface area contributed by atoms with E-state index in [1.807, 2.05) is 49.9 Å². The molecule has 0 unspecified atom stereocenters. The van der Waals surface area contributed by atoms with Crippen LogP contribution >= 0.6 is 0 Å². The first-order valence-electron chi connectivity index (χ1n) is 5.26. The molecular formula is C12H18O2Si. The van der Waals surface area contributed by atoms with Crippen molar-refractivity contribution >= 4 is 13.7 Å². The standard InChI is InChI=1S/C12H18O2Si/c1-4-13-15(6-3,14-5-2)12-10-8-7-9-11-12/h6-11H,3-5H2,1-2H3. The zero-order chi connectivity index (χ0) is 11.1. The SMILES string of the molecule is C=C[Si](OCC)(OCC)c1ccccc1. The lowest BCUT2D eigenvalue weighted by Crippen LogP contribution is -2.52. The van der Waals surface area contributed by atoms with E-state index in [9.17, 15) is 0 Å². The highest BCUT2D eigenvalue weighted by Gasteiger charge is 2.35. The van der Waals surface area contributed by atoms with Crippen molar-refractivity contribution in [1.29, 1.82) is 0 Å². The van der Waals surface area contributed by atoms with E-state index in [0.717, 1.165) is 5.19 Å². The second kappa shape index (κ2) is 5.85. The van der Waals surface area contributed by atoms with Crippen molar-refractivity contribution in [1.82, 2.24) is 0 Å². The van der Waals surface area contributed by atoms with Gasteiger partial charge in [0.15, 0.2) is 0 Å². The van der Waals surface area contributed by atoms with Gasteiger partial charge in [-0.3, -0.25) is 0 Å². The fraction of sp³-hybridized carbons (Fsp3) is 0.333.